The number of hydrogen-bond acceptors (Lipinski definition) is 1. The lowest BCUT2D eigenvalue weighted by Crippen LogP contribution is -1.85. The summed E-state index contributed by atoms with van der Waals surface area (Å²) in [7, 11) is 0. The molecule has 1 aromatic heterocycles. The Labute approximate surface area is 117 Å². The molecule has 1 radical (unpaired) electrons. The lowest BCUT2D eigenvalue weighted by atomic mass is 10.0. The summed E-state index contributed by atoms with van der Waals surface area (Å²) in [6, 6.07) is 28.3. The lowest BCUT2D eigenvalue weighted by Gasteiger charge is -2.04. The maximum Gasteiger partial charge on any atom is 0.0716 e. The molecule has 0 fully saturated rings. The summed E-state index contributed by atoms with van der Waals surface area (Å²) in [4.78, 5) is 4.72. The number of aromatic nitrogens is 1. The van der Waals surface area contributed by atoms with Crippen LogP contribution in [0.25, 0.3) is 32.9 Å². The van der Waals surface area contributed by atoms with E-state index >= 15 is 0 Å². The van der Waals surface area contributed by atoms with Crippen LogP contribution in [0.2, 0.25) is 0 Å². The number of rotatable bonds is 1. The second kappa shape index (κ2) is 4.46. The lowest BCUT2D eigenvalue weighted by molar-refractivity contribution is 1.40. The second-order valence-electron chi connectivity index (χ2n) is 4.85. The maximum absolute atomic E-state index is 4.72. The number of fused-ring (bicyclic) bond motifs is 2. The summed E-state index contributed by atoms with van der Waals surface area (Å²) in [5.41, 5.74) is 3.02. The largest absolute Gasteiger partial charge is 0.248 e. The first-order valence-corrected chi connectivity index (χ1v) is 6.67. The van der Waals surface area contributed by atoms with Crippen molar-refractivity contribution in [2.75, 3.05) is 0 Å². The molecule has 0 bridgehead atoms. The number of nitrogens with zero attached hydrogens (tertiary/aromatic N) is 1. The van der Waals surface area contributed by atoms with Gasteiger partial charge in [-0.2, -0.15) is 0 Å². The minimum Gasteiger partial charge on any atom is -0.248 e. The van der Waals surface area contributed by atoms with Crippen LogP contribution in [0, 0.1) is 6.07 Å². The van der Waals surface area contributed by atoms with Gasteiger partial charge in [-0.1, -0.05) is 60.7 Å². The Kier molecular flexibility index (Phi) is 2.49. The van der Waals surface area contributed by atoms with Crippen LogP contribution in [0.5, 0.6) is 0 Å². The summed E-state index contributed by atoms with van der Waals surface area (Å²) in [6.45, 7) is 0. The quantitative estimate of drug-likeness (QED) is 0.473. The molecule has 4 aromatic rings. The topological polar surface area (TPSA) is 12.9 Å². The van der Waals surface area contributed by atoms with Crippen molar-refractivity contribution in [3.8, 4) is 11.3 Å². The van der Waals surface area contributed by atoms with Gasteiger partial charge in [0.25, 0.3) is 0 Å². The first kappa shape index (κ1) is 11.2. The predicted molar refractivity (Wildman–Crippen MR) is 83.5 cm³/mol. The van der Waals surface area contributed by atoms with E-state index in [4.69, 9.17) is 4.98 Å². The molecule has 0 saturated heterocycles. The number of hydrogen-bond donors (Lipinski definition) is 0. The molecule has 0 aliphatic rings. The minimum absolute atomic E-state index is 0.967. The van der Waals surface area contributed by atoms with E-state index in [0.717, 1.165) is 27.5 Å². The van der Waals surface area contributed by atoms with Gasteiger partial charge in [0.2, 0.25) is 0 Å². The van der Waals surface area contributed by atoms with Gasteiger partial charge >= 0.3 is 0 Å². The third-order valence-electron chi connectivity index (χ3n) is 3.53. The molecular weight excluding hydrogens is 242 g/mol. The molecule has 93 valence electrons. The van der Waals surface area contributed by atoms with Crippen LogP contribution in [0.3, 0.4) is 0 Å². The molecule has 0 unspecified atom stereocenters. The van der Waals surface area contributed by atoms with Crippen molar-refractivity contribution in [3.63, 3.8) is 0 Å². The average molecular weight is 254 g/mol. The first-order chi connectivity index (χ1) is 9.90. The van der Waals surface area contributed by atoms with Crippen LogP contribution >= 0.6 is 0 Å². The van der Waals surface area contributed by atoms with Crippen molar-refractivity contribution in [2.45, 2.75) is 0 Å². The summed E-state index contributed by atoms with van der Waals surface area (Å²) in [5.74, 6) is 0. The highest BCUT2D eigenvalue weighted by molar-refractivity contribution is 5.87. The Hall–Kier alpha value is -2.67. The molecule has 1 heteroatoms. The third kappa shape index (κ3) is 1.84. The van der Waals surface area contributed by atoms with Gasteiger partial charge in [0.05, 0.1) is 11.2 Å². The van der Waals surface area contributed by atoms with Crippen molar-refractivity contribution in [3.05, 3.63) is 78.9 Å². The summed E-state index contributed by atoms with van der Waals surface area (Å²) in [6.07, 6.45) is 0. The van der Waals surface area contributed by atoms with Crippen molar-refractivity contribution in [1.29, 1.82) is 0 Å². The number of pyridine rings is 1. The van der Waals surface area contributed by atoms with E-state index in [2.05, 4.69) is 48.5 Å². The van der Waals surface area contributed by atoms with Gasteiger partial charge in [0.1, 0.15) is 0 Å². The highest BCUT2D eigenvalue weighted by atomic mass is 14.7. The maximum atomic E-state index is 4.72. The summed E-state index contributed by atoms with van der Waals surface area (Å²) in [5, 5.41) is 3.49. The molecule has 4 rings (SSSR count). The van der Waals surface area contributed by atoms with Crippen LogP contribution in [-0.2, 0) is 0 Å². The molecule has 0 spiro atoms. The fourth-order valence-corrected chi connectivity index (χ4v) is 2.48. The molecule has 0 N–H and O–H groups in total. The third-order valence-corrected chi connectivity index (χ3v) is 3.53. The van der Waals surface area contributed by atoms with Gasteiger partial charge < -0.3 is 0 Å². The van der Waals surface area contributed by atoms with Crippen LogP contribution in [0.15, 0.2) is 72.8 Å². The van der Waals surface area contributed by atoms with Crippen LogP contribution in [0.4, 0.5) is 0 Å². The Morgan fingerprint density at radius 2 is 1.40 bits per heavy atom. The van der Waals surface area contributed by atoms with E-state index in [9.17, 15) is 0 Å². The molecule has 0 saturated carbocycles. The van der Waals surface area contributed by atoms with Crippen molar-refractivity contribution in [2.24, 2.45) is 0 Å². The van der Waals surface area contributed by atoms with Crippen molar-refractivity contribution < 1.29 is 0 Å². The molecule has 0 atom stereocenters. The van der Waals surface area contributed by atoms with Gasteiger partial charge in [-0.05, 0) is 22.9 Å². The molecule has 1 heterocycles. The molecule has 1 nitrogen and oxygen atoms in total. The van der Waals surface area contributed by atoms with E-state index in [0.29, 0.717) is 0 Å². The average Bonchev–Trinajstić information content (AvgIpc) is 2.54. The molecule has 0 aliphatic heterocycles. The normalized spacial score (nSPS) is 11.0. The molecular formula is C19H12N. The smallest absolute Gasteiger partial charge is 0.0716 e. The van der Waals surface area contributed by atoms with Gasteiger partial charge in [-0.3, -0.25) is 0 Å². The van der Waals surface area contributed by atoms with Gasteiger partial charge in [-0.25, -0.2) is 4.98 Å². The van der Waals surface area contributed by atoms with Crippen LogP contribution < -0.4 is 0 Å². The fourth-order valence-electron chi connectivity index (χ4n) is 2.48. The summed E-state index contributed by atoms with van der Waals surface area (Å²) >= 11 is 0. The fraction of sp³-hybridized carbons (Fsp3) is 0. The van der Waals surface area contributed by atoms with Crippen LogP contribution in [-0.4, -0.2) is 4.98 Å². The highest BCUT2D eigenvalue weighted by Crippen LogP contribution is 2.24. The predicted octanol–water partition coefficient (Wildman–Crippen LogP) is 4.86. The number of benzene rings is 3. The first-order valence-electron chi connectivity index (χ1n) is 6.67. The van der Waals surface area contributed by atoms with E-state index in [-0.39, 0.29) is 0 Å². The zero-order chi connectivity index (χ0) is 13.4. The monoisotopic (exact) mass is 254 g/mol. The van der Waals surface area contributed by atoms with E-state index in [1.54, 1.807) is 0 Å². The SMILES string of the molecule is [c]1c(-c2ccc3ccccc3n2)ccc2ccccc12. The van der Waals surface area contributed by atoms with Crippen molar-refractivity contribution in [1.82, 2.24) is 4.98 Å². The second-order valence-corrected chi connectivity index (χ2v) is 4.85. The Bertz CT molecular complexity index is 832. The van der Waals surface area contributed by atoms with E-state index in [1.807, 2.05) is 30.3 Å². The standard InChI is InChI=1S/C19H12N/c1-2-7-16-13-17(10-9-14(16)5-1)19-12-11-15-6-3-4-8-18(15)20-19/h1-12H. The van der Waals surface area contributed by atoms with Gasteiger partial charge in [-0.15, -0.1) is 0 Å². The molecule has 3 aromatic carbocycles. The Morgan fingerprint density at radius 1 is 0.650 bits per heavy atom. The molecule has 0 aliphatic carbocycles. The zero-order valence-electron chi connectivity index (χ0n) is 10.9. The number of para-hydroxylation sites is 1. The Balaban J connectivity index is 1.91. The molecule has 20 heavy (non-hydrogen) atoms. The minimum atomic E-state index is 0.967. The highest BCUT2D eigenvalue weighted by Gasteiger charge is 2.03. The summed E-state index contributed by atoms with van der Waals surface area (Å²) < 4.78 is 0. The van der Waals surface area contributed by atoms with Crippen LogP contribution in [0.1, 0.15) is 0 Å². The zero-order valence-corrected chi connectivity index (χ0v) is 10.9. The van der Waals surface area contributed by atoms with Gasteiger partial charge in [0, 0.05) is 17.0 Å². The molecule has 0 amide bonds. The van der Waals surface area contributed by atoms with E-state index in [1.165, 1.54) is 5.39 Å². The Morgan fingerprint density at radius 3 is 2.35 bits per heavy atom. The van der Waals surface area contributed by atoms with Gasteiger partial charge in [0.15, 0.2) is 0 Å². The van der Waals surface area contributed by atoms with Crippen molar-refractivity contribution >= 4 is 21.7 Å². The van der Waals surface area contributed by atoms with E-state index < -0.39 is 0 Å².